The molecule has 2 atom stereocenters. The average molecular weight is 512 g/mol. The molecule has 0 aliphatic carbocycles. The van der Waals surface area contributed by atoms with Crippen molar-refractivity contribution in [3.63, 3.8) is 0 Å². The molecule has 166 valence electrons. The Morgan fingerprint density at radius 1 is 1.06 bits per heavy atom. The van der Waals surface area contributed by atoms with Crippen molar-refractivity contribution in [2.75, 3.05) is 0 Å². The van der Waals surface area contributed by atoms with E-state index in [1.807, 2.05) is 82.3 Å². The summed E-state index contributed by atoms with van der Waals surface area (Å²) >= 11 is 2.22. The molecule has 0 saturated carbocycles. The zero-order valence-electron chi connectivity index (χ0n) is 18.6. The summed E-state index contributed by atoms with van der Waals surface area (Å²) in [5, 5.41) is 5.32. The van der Waals surface area contributed by atoms with Crippen molar-refractivity contribution in [3.05, 3.63) is 82.1 Å². The van der Waals surface area contributed by atoms with Crippen molar-refractivity contribution in [3.8, 4) is 11.3 Å². The summed E-state index contributed by atoms with van der Waals surface area (Å²) in [6, 6.07) is 19.7. The number of pyridine rings is 1. The van der Waals surface area contributed by atoms with Crippen LogP contribution in [0, 0.1) is 6.92 Å². The average Bonchev–Trinajstić information content (AvgIpc) is 3.19. The van der Waals surface area contributed by atoms with E-state index in [2.05, 4.69) is 31.9 Å². The van der Waals surface area contributed by atoms with Gasteiger partial charge in [-0.25, -0.2) is 4.98 Å². The first-order chi connectivity index (χ1) is 15.2. The van der Waals surface area contributed by atoms with Crippen molar-refractivity contribution in [2.24, 2.45) is 0 Å². The summed E-state index contributed by atoms with van der Waals surface area (Å²) in [5.74, 6) is 0. The predicted molar refractivity (Wildman–Crippen MR) is 134 cm³/mol. The van der Waals surface area contributed by atoms with Gasteiger partial charge >= 0.3 is 0 Å². The lowest BCUT2D eigenvalue weighted by Gasteiger charge is -2.29. The van der Waals surface area contributed by atoms with Crippen LogP contribution in [0.4, 0.5) is 0 Å². The Hall–Kier alpha value is -2.19. The third kappa shape index (κ3) is 4.91. The van der Waals surface area contributed by atoms with E-state index in [1.165, 1.54) is 0 Å². The van der Waals surface area contributed by atoms with Crippen LogP contribution in [0.15, 0.2) is 69.8 Å². The van der Waals surface area contributed by atoms with Crippen LogP contribution >= 0.6 is 15.9 Å². The van der Waals surface area contributed by atoms with Gasteiger partial charge in [0.15, 0.2) is 5.58 Å². The predicted octanol–water partition coefficient (Wildman–Crippen LogP) is 6.30. The standard InChI is InChI=1S/C25H26BrN3O2S/c1-16-13-14-23(26)27-20(16)15-21(29-32(30)25(2,3)4)17-9-5-6-10-18(17)24-19-11-7-8-12-22(19)31-28-24/h5-14,21,29H,15H2,1-4H3. The van der Waals surface area contributed by atoms with Crippen molar-refractivity contribution < 1.29 is 9.08 Å². The number of nitrogens with one attached hydrogen (secondary N) is 1. The molecule has 0 aliphatic rings. The number of aryl methyl sites for hydroxylation is 1. The number of halogens is 1. The number of hydrogen-bond donors (Lipinski definition) is 1. The normalized spacial score (nSPS) is 13.9. The van der Waals surface area contributed by atoms with Crippen molar-refractivity contribution in [1.29, 1.82) is 0 Å². The summed E-state index contributed by atoms with van der Waals surface area (Å²) in [6.07, 6.45) is 0.583. The fourth-order valence-electron chi connectivity index (χ4n) is 3.56. The highest BCUT2D eigenvalue weighted by atomic mass is 79.9. The molecule has 2 heterocycles. The van der Waals surface area contributed by atoms with Crippen LogP contribution in [0.5, 0.6) is 0 Å². The van der Waals surface area contributed by atoms with Crippen LogP contribution in [-0.2, 0) is 17.8 Å². The number of rotatable bonds is 6. The van der Waals surface area contributed by atoms with Gasteiger partial charge in [0.2, 0.25) is 0 Å². The maximum Gasteiger partial charge on any atom is 0.167 e. The van der Waals surface area contributed by atoms with E-state index in [1.54, 1.807) is 0 Å². The highest BCUT2D eigenvalue weighted by Gasteiger charge is 2.32. The summed E-state index contributed by atoms with van der Waals surface area (Å²) < 4.78 is 22.5. The van der Waals surface area contributed by atoms with Gasteiger partial charge in [0.25, 0.3) is 0 Å². The van der Waals surface area contributed by atoms with E-state index in [0.717, 1.165) is 43.7 Å². The van der Waals surface area contributed by atoms with Crippen LogP contribution in [0.3, 0.4) is 0 Å². The van der Waals surface area contributed by atoms with Crippen LogP contribution in [-0.4, -0.2) is 19.4 Å². The van der Waals surface area contributed by atoms with Crippen LogP contribution in [0.25, 0.3) is 22.2 Å². The Morgan fingerprint density at radius 2 is 1.78 bits per heavy atom. The molecule has 4 rings (SSSR count). The second kappa shape index (κ2) is 9.35. The molecule has 0 bridgehead atoms. The number of benzene rings is 2. The Labute approximate surface area is 200 Å². The van der Waals surface area contributed by atoms with Gasteiger partial charge < -0.3 is 9.08 Å². The van der Waals surface area contributed by atoms with Crippen LogP contribution < -0.4 is 4.72 Å². The minimum atomic E-state index is -1.27. The Kier molecular flexibility index (Phi) is 6.72. The quantitative estimate of drug-likeness (QED) is 0.243. The fourth-order valence-corrected chi connectivity index (χ4v) is 4.73. The molecule has 0 radical (unpaired) electrons. The van der Waals surface area contributed by atoms with Gasteiger partial charge in [-0.1, -0.05) is 47.6 Å². The van der Waals surface area contributed by atoms with Crippen LogP contribution in [0.2, 0.25) is 0 Å². The molecular weight excluding hydrogens is 486 g/mol. The van der Waals surface area contributed by atoms with Gasteiger partial charge in [-0.3, -0.25) is 0 Å². The minimum Gasteiger partial charge on any atom is -0.598 e. The lowest BCUT2D eigenvalue weighted by atomic mass is 9.93. The molecule has 0 spiro atoms. The van der Waals surface area contributed by atoms with E-state index < -0.39 is 16.1 Å². The Balaban J connectivity index is 1.82. The molecule has 0 amide bonds. The SMILES string of the molecule is Cc1ccc(Br)nc1CC(N[S+]([O-])C(C)(C)C)c1ccccc1-c1noc2ccccc12. The van der Waals surface area contributed by atoms with Gasteiger partial charge in [-0.2, -0.15) is 0 Å². The first-order valence-electron chi connectivity index (χ1n) is 10.5. The molecule has 2 unspecified atom stereocenters. The number of para-hydroxylation sites is 1. The maximum absolute atomic E-state index is 13.1. The summed E-state index contributed by atoms with van der Waals surface area (Å²) in [4.78, 5) is 4.69. The van der Waals surface area contributed by atoms with Crippen molar-refractivity contribution in [2.45, 2.75) is 44.9 Å². The second-order valence-corrected chi connectivity index (χ2v) is 11.6. The molecule has 0 fully saturated rings. The molecule has 5 nitrogen and oxygen atoms in total. The summed E-state index contributed by atoms with van der Waals surface area (Å²) in [7, 11) is 0. The number of aromatic nitrogens is 2. The molecule has 0 aliphatic heterocycles. The molecule has 4 aromatic rings. The Morgan fingerprint density at radius 3 is 2.56 bits per heavy atom. The molecular formula is C25H26BrN3O2S. The first-order valence-corrected chi connectivity index (χ1v) is 12.4. The Bertz CT molecular complexity index is 1240. The lowest BCUT2D eigenvalue weighted by molar-refractivity contribution is 0.459. The minimum absolute atomic E-state index is 0.234. The zero-order valence-corrected chi connectivity index (χ0v) is 21.0. The third-order valence-corrected chi connectivity index (χ3v) is 7.39. The van der Waals surface area contributed by atoms with Gasteiger partial charge in [0, 0.05) is 34.4 Å². The largest absolute Gasteiger partial charge is 0.598 e. The van der Waals surface area contributed by atoms with Gasteiger partial charge in [-0.05, 0) is 73.0 Å². The number of nitrogens with zero attached hydrogens (tertiary/aromatic N) is 2. The zero-order chi connectivity index (χ0) is 22.9. The molecule has 7 heteroatoms. The number of hydrogen-bond acceptors (Lipinski definition) is 5. The molecule has 2 aromatic heterocycles. The summed E-state index contributed by atoms with van der Waals surface area (Å²) in [5.41, 5.74) is 5.51. The summed E-state index contributed by atoms with van der Waals surface area (Å²) in [6.45, 7) is 7.94. The van der Waals surface area contributed by atoms with Crippen molar-refractivity contribution >= 4 is 38.3 Å². The topological polar surface area (TPSA) is 74.0 Å². The van der Waals surface area contributed by atoms with E-state index in [9.17, 15) is 4.55 Å². The maximum atomic E-state index is 13.1. The smallest absolute Gasteiger partial charge is 0.167 e. The number of fused-ring (bicyclic) bond motifs is 1. The van der Waals surface area contributed by atoms with Crippen molar-refractivity contribution in [1.82, 2.24) is 14.9 Å². The van der Waals surface area contributed by atoms with Crippen LogP contribution in [0.1, 0.15) is 43.6 Å². The molecule has 2 aromatic carbocycles. The van der Waals surface area contributed by atoms with E-state index in [-0.39, 0.29) is 6.04 Å². The van der Waals surface area contributed by atoms with Gasteiger partial charge in [0.1, 0.15) is 15.0 Å². The third-order valence-electron chi connectivity index (χ3n) is 5.34. The van der Waals surface area contributed by atoms with E-state index in [0.29, 0.717) is 6.42 Å². The highest BCUT2D eigenvalue weighted by molar-refractivity contribution is 9.10. The van der Waals surface area contributed by atoms with Gasteiger partial charge in [0.05, 0.1) is 6.04 Å². The first kappa shape index (κ1) is 23.0. The highest BCUT2D eigenvalue weighted by Crippen LogP contribution is 2.35. The fraction of sp³-hybridized carbons (Fsp3) is 0.280. The van der Waals surface area contributed by atoms with E-state index >= 15 is 0 Å². The van der Waals surface area contributed by atoms with E-state index in [4.69, 9.17) is 9.51 Å². The van der Waals surface area contributed by atoms with Gasteiger partial charge in [-0.15, -0.1) is 4.72 Å². The second-order valence-electron chi connectivity index (χ2n) is 8.77. The molecule has 1 N–H and O–H groups in total. The molecule has 0 saturated heterocycles. The molecule has 32 heavy (non-hydrogen) atoms. The lowest BCUT2D eigenvalue weighted by Crippen LogP contribution is -2.42. The monoisotopic (exact) mass is 511 g/mol.